The second-order valence-electron chi connectivity index (χ2n) is 8.11. The van der Waals surface area contributed by atoms with Crippen molar-refractivity contribution in [1.29, 1.82) is 0 Å². The van der Waals surface area contributed by atoms with Gasteiger partial charge in [-0.1, -0.05) is 35.3 Å². The number of hydrogen-bond donors (Lipinski definition) is 2. The van der Waals surface area contributed by atoms with Crippen LogP contribution in [0, 0.1) is 6.92 Å². The van der Waals surface area contributed by atoms with E-state index in [1.54, 1.807) is 31.2 Å². The van der Waals surface area contributed by atoms with E-state index in [4.69, 9.17) is 32.7 Å². The van der Waals surface area contributed by atoms with Crippen LogP contribution < -0.4 is 14.4 Å². The second kappa shape index (κ2) is 10.1. The number of Topliss-reactive ketones (excluding diaryl/α,β-unsaturated/α-hetero) is 1. The maximum absolute atomic E-state index is 13.4. The molecular weight excluding hydrogens is 505 g/mol. The quantitative estimate of drug-likeness (QED) is 0.230. The number of phenolic OH excluding ortho intramolecular Hbond substituents is 1. The molecule has 2 N–H and O–H groups in total. The van der Waals surface area contributed by atoms with Gasteiger partial charge in [-0.3, -0.25) is 14.5 Å². The van der Waals surface area contributed by atoms with E-state index < -0.39 is 23.5 Å². The van der Waals surface area contributed by atoms with Crippen molar-refractivity contribution >= 4 is 46.3 Å². The van der Waals surface area contributed by atoms with Crippen molar-refractivity contribution in [2.24, 2.45) is 0 Å². The lowest BCUT2D eigenvalue weighted by Crippen LogP contribution is -2.29. The van der Waals surface area contributed by atoms with Gasteiger partial charge in [0.05, 0.1) is 30.4 Å². The van der Waals surface area contributed by atoms with Crippen molar-refractivity contribution in [2.75, 3.05) is 18.6 Å². The molecule has 1 saturated heterocycles. The molecule has 4 rings (SSSR count). The average molecular weight is 528 g/mol. The Morgan fingerprint density at radius 1 is 1.00 bits per heavy atom. The molecule has 3 aromatic carbocycles. The normalized spacial score (nSPS) is 16.9. The molecule has 9 heteroatoms. The van der Waals surface area contributed by atoms with Gasteiger partial charge in [-0.05, 0) is 67.4 Å². The van der Waals surface area contributed by atoms with E-state index in [0.29, 0.717) is 27.0 Å². The van der Waals surface area contributed by atoms with Crippen LogP contribution in [0.3, 0.4) is 0 Å². The number of methoxy groups -OCH3 is 1. The van der Waals surface area contributed by atoms with Crippen LogP contribution in [0.5, 0.6) is 17.2 Å². The summed E-state index contributed by atoms with van der Waals surface area (Å²) in [6.07, 6.45) is 0. The third-order valence-electron chi connectivity index (χ3n) is 5.90. The molecule has 1 aliphatic heterocycles. The Morgan fingerprint density at radius 2 is 1.75 bits per heavy atom. The molecule has 7 nitrogen and oxygen atoms in total. The highest BCUT2D eigenvalue weighted by Gasteiger charge is 2.47. The molecule has 0 spiro atoms. The number of ether oxygens (including phenoxy) is 2. The minimum absolute atomic E-state index is 0.0987. The summed E-state index contributed by atoms with van der Waals surface area (Å²) in [6.45, 7) is 3.87. The largest absolute Gasteiger partial charge is 0.507 e. The third-order valence-corrected chi connectivity index (χ3v) is 6.62. The summed E-state index contributed by atoms with van der Waals surface area (Å²) in [5, 5.41) is 22.3. The number of anilines is 1. The first-order valence-electron chi connectivity index (χ1n) is 11.0. The van der Waals surface area contributed by atoms with Crippen LogP contribution >= 0.6 is 23.2 Å². The van der Waals surface area contributed by atoms with Gasteiger partial charge in [0.2, 0.25) is 0 Å². The highest BCUT2D eigenvalue weighted by molar-refractivity contribution is 6.52. The van der Waals surface area contributed by atoms with E-state index in [1.165, 1.54) is 42.3 Å². The Balaban J connectivity index is 1.98. The van der Waals surface area contributed by atoms with Crippen LogP contribution in [-0.4, -0.2) is 35.6 Å². The van der Waals surface area contributed by atoms with Gasteiger partial charge in [0.25, 0.3) is 11.7 Å². The number of carbonyl (C=O) groups excluding carboxylic acids is 2. The number of phenols is 1. The standard InChI is InChI=1S/C27H23Cl2NO6/c1-4-36-22-11-15(7-10-20(22)31)24-23(25(32)16-6-9-18(28)21(12-16)35-3)26(33)27(34)30(24)17-8-5-14(2)19(29)13-17/h5-13,24,31-32H,4H2,1-3H3/b25-23+. The first-order valence-corrected chi connectivity index (χ1v) is 11.8. The number of hydrogen-bond acceptors (Lipinski definition) is 6. The zero-order valence-corrected chi connectivity index (χ0v) is 21.2. The Bertz CT molecular complexity index is 1400. The molecule has 0 saturated carbocycles. The zero-order valence-electron chi connectivity index (χ0n) is 19.7. The molecular formula is C27H23Cl2NO6. The van der Waals surface area contributed by atoms with E-state index >= 15 is 0 Å². The molecule has 1 aliphatic rings. The number of aliphatic hydroxyl groups excluding tert-OH is 1. The number of amides is 1. The van der Waals surface area contributed by atoms with Crippen molar-refractivity contribution < 1.29 is 29.3 Å². The first-order chi connectivity index (χ1) is 17.2. The van der Waals surface area contributed by atoms with Gasteiger partial charge in [0, 0.05) is 16.3 Å². The van der Waals surface area contributed by atoms with E-state index in [9.17, 15) is 19.8 Å². The Hall–Kier alpha value is -3.68. The van der Waals surface area contributed by atoms with E-state index in [1.807, 2.05) is 6.92 Å². The van der Waals surface area contributed by atoms with Gasteiger partial charge in [-0.2, -0.15) is 0 Å². The number of ketones is 1. The van der Waals surface area contributed by atoms with Crippen LogP contribution in [0.4, 0.5) is 5.69 Å². The number of rotatable bonds is 6. The van der Waals surface area contributed by atoms with Crippen molar-refractivity contribution in [3.63, 3.8) is 0 Å². The molecule has 3 aromatic rings. The summed E-state index contributed by atoms with van der Waals surface area (Å²) in [5.41, 5.74) is 1.70. The van der Waals surface area contributed by atoms with Crippen LogP contribution in [0.25, 0.3) is 5.76 Å². The van der Waals surface area contributed by atoms with Crippen molar-refractivity contribution in [3.05, 3.63) is 86.9 Å². The average Bonchev–Trinajstić information content (AvgIpc) is 3.12. The van der Waals surface area contributed by atoms with Crippen molar-refractivity contribution in [3.8, 4) is 17.2 Å². The molecule has 1 heterocycles. The van der Waals surface area contributed by atoms with E-state index in [-0.39, 0.29) is 29.2 Å². The molecule has 1 atom stereocenters. The molecule has 0 aromatic heterocycles. The summed E-state index contributed by atoms with van der Waals surface area (Å²) in [7, 11) is 1.43. The van der Waals surface area contributed by atoms with Gasteiger partial charge in [-0.25, -0.2) is 0 Å². The van der Waals surface area contributed by atoms with Crippen molar-refractivity contribution in [2.45, 2.75) is 19.9 Å². The van der Waals surface area contributed by atoms with Gasteiger partial charge in [0.1, 0.15) is 11.5 Å². The predicted molar refractivity (Wildman–Crippen MR) is 138 cm³/mol. The molecule has 1 fully saturated rings. The fourth-order valence-corrected chi connectivity index (χ4v) is 4.45. The smallest absolute Gasteiger partial charge is 0.300 e. The number of benzene rings is 3. The SMILES string of the molecule is CCOc1cc(C2/C(=C(\O)c3ccc(Cl)c(OC)c3)C(=O)C(=O)N2c2ccc(C)c(Cl)c2)ccc1O. The molecule has 1 amide bonds. The lowest BCUT2D eigenvalue weighted by atomic mass is 9.94. The maximum atomic E-state index is 13.4. The van der Waals surface area contributed by atoms with E-state index in [0.717, 1.165) is 5.56 Å². The molecule has 36 heavy (non-hydrogen) atoms. The number of aryl methyl sites for hydroxylation is 1. The van der Waals surface area contributed by atoms with Gasteiger partial charge in [0.15, 0.2) is 11.5 Å². The Labute approximate surface area is 218 Å². The number of nitrogens with zero attached hydrogens (tertiary/aromatic N) is 1. The predicted octanol–water partition coefficient (Wildman–Crippen LogP) is 6.04. The number of aromatic hydroxyl groups is 1. The third kappa shape index (κ3) is 4.47. The van der Waals surface area contributed by atoms with Crippen LogP contribution in [0.15, 0.2) is 60.2 Å². The Morgan fingerprint density at radius 3 is 2.42 bits per heavy atom. The summed E-state index contributed by atoms with van der Waals surface area (Å²) in [6, 6.07) is 13.0. The van der Waals surface area contributed by atoms with Crippen LogP contribution in [-0.2, 0) is 9.59 Å². The lowest BCUT2D eigenvalue weighted by molar-refractivity contribution is -0.132. The zero-order chi connectivity index (χ0) is 26.1. The van der Waals surface area contributed by atoms with Gasteiger partial charge >= 0.3 is 0 Å². The molecule has 0 radical (unpaired) electrons. The summed E-state index contributed by atoms with van der Waals surface area (Å²) in [4.78, 5) is 28.0. The molecule has 0 aliphatic carbocycles. The highest BCUT2D eigenvalue weighted by atomic mass is 35.5. The van der Waals surface area contributed by atoms with E-state index in [2.05, 4.69) is 0 Å². The minimum Gasteiger partial charge on any atom is -0.507 e. The summed E-state index contributed by atoms with van der Waals surface area (Å²) < 4.78 is 10.8. The van der Waals surface area contributed by atoms with Crippen LogP contribution in [0.1, 0.15) is 29.7 Å². The van der Waals surface area contributed by atoms with Crippen molar-refractivity contribution in [1.82, 2.24) is 0 Å². The summed E-state index contributed by atoms with van der Waals surface area (Å²) in [5.74, 6) is -1.75. The first kappa shape index (κ1) is 25.4. The lowest BCUT2D eigenvalue weighted by Gasteiger charge is -2.26. The van der Waals surface area contributed by atoms with Gasteiger partial charge < -0.3 is 19.7 Å². The number of carbonyl (C=O) groups is 2. The van der Waals surface area contributed by atoms with Crippen LogP contribution in [0.2, 0.25) is 10.0 Å². The molecule has 186 valence electrons. The monoisotopic (exact) mass is 527 g/mol. The fraction of sp³-hybridized carbons (Fsp3) is 0.185. The summed E-state index contributed by atoms with van der Waals surface area (Å²) >= 11 is 12.5. The maximum Gasteiger partial charge on any atom is 0.300 e. The fourth-order valence-electron chi connectivity index (χ4n) is 4.08. The number of halogens is 2. The molecule has 1 unspecified atom stereocenters. The minimum atomic E-state index is -1.04. The topological polar surface area (TPSA) is 96.3 Å². The number of aliphatic hydroxyl groups is 1. The Kier molecular flexibility index (Phi) is 7.15. The molecule has 0 bridgehead atoms. The van der Waals surface area contributed by atoms with Gasteiger partial charge in [-0.15, -0.1) is 0 Å². The second-order valence-corrected chi connectivity index (χ2v) is 8.93. The highest BCUT2D eigenvalue weighted by Crippen LogP contribution is 2.45.